The number of para-hydroxylation sites is 2. The number of aromatic hydroxyl groups is 1. The Kier molecular flexibility index (Phi) is 4.22. The highest BCUT2D eigenvalue weighted by atomic mass is 16.5. The van der Waals surface area contributed by atoms with Crippen LogP contribution in [0.3, 0.4) is 0 Å². The zero-order valence-electron chi connectivity index (χ0n) is 15.5. The molecule has 0 bridgehead atoms. The Morgan fingerprint density at radius 1 is 0.759 bits per heavy atom. The Balaban J connectivity index is 1.61. The van der Waals surface area contributed by atoms with Gasteiger partial charge in [-0.25, -0.2) is 4.98 Å². The van der Waals surface area contributed by atoms with Crippen LogP contribution in [-0.4, -0.2) is 15.1 Å². The highest BCUT2D eigenvalue weighted by molar-refractivity contribution is 5.96. The summed E-state index contributed by atoms with van der Waals surface area (Å²) < 4.78 is 6.12. The molecule has 0 spiro atoms. The Labute approximate surface area is 168 Å². The molecule has 0 radical (unpaired) electrons. The number of nitrogens with one attached hydrogen (secondary N) is 1. The van der Waals surface area contributed by atoms with Crippen molar-refractivity contribution in [1.82, 2.24) is 9.97 Å². The first-order chi connectivity index (χ1) is 14.3. The van der Waals surface area contributed by atoms with Gasteiger partial charge < -0.3 is 14.8 Å². The van der Waals surface area contributed by atoms with E-state index in [0.29, 0.717) is 0 Å². The third-order valence-electron chi connectivity index (χ3n) is 4.86. The maximum absolute atomic E-state index is 9.85. The molecule has 0 saturated carbocycles. The summed E-state index contributed by atoms with van der Waals surface area (Å²) in [5.41, 5.74) is 4.66. The van der Waals surface area contributed by atoms with Gasteiger partial charge in [0.2, 0.25) is 0 Å². The summed E-state index contributed by atoms with van der Waals surface area (Å²) in [6, 6.07) is 27.0. The molecule has 0 atom stereocenters. The van der Waals surface area contributed by atoms with Crippen molar-refractivity contribution in [3.63, 3.8) is 0 Å². The van der Waals surface area contributed by atoms with E-state index in [-0.39, 0.29) is 5.75 Å². The molecule has 0 aliphatic rings. The summed E-state index contributed by atoms with van der Waals surface area (Å²) >= 11 is 0. The molecule has 5 aromatic rings. The minimum atomic E-state index is 0.238. The number of ether oxygens (including phenoxy) is 1. The van der Waals surface area contributed by atoms with Crippen molar-refractivity contribution in [2.75, 3.05) is 0 Å². The van der Waals surface area contributed by atoms with Crippen LogP contribution in [0, 0.1) is 0 Å². The lowest BCUT2D eigenvalue weighted by atomic mass is 10.0. The molecule has 0 aliphatic carbocycles. The summed E-state index contributed by atoms with van der Waals surface area (Å²) in [7, 11) is 0. The molecular weight excluding hydrogens is 360 g/mol. The summed E-state index contributed by atoms with van der Waals surface area (Å²) in [5, 5.41) is 10.8. The van der Waals surface area contributed by atoms with E-state index < -0.39 is 0 Å². The monoisotopic (exact) mass is 378 g/mol. The van der Waals surface area contributed by atoms with Crippen LogP contribution in [0.5, 0.6) is 17.2 Å². The van der Waals surface area contributed by atoms with Gasteiger partial charge in [0.1, 0.15) is 22.9 Å². The van der Waals surface area contributed by atoms with E-state index in [9.17, 15) is 5.11 Å². The third kappa shape index (κ3) is 3.32. The first-order valence-corrected chi connectivity index (χ1v) is 9.37. The number of hydrogen-bond donors (Lipinski definition) is 2. The van der Waals surface area contributed by atoms with Crippen molar-refractivity contribution >= 4 is 11.0 Å². The minimum Gasteiger partial charge on any atom is -0.508 e. The maximum atomic E-state index is 9.85. The second kappa shape index (κ2) is 7.17. The van der Waals surface area contributed by atoms with Crippen LogP contribution in [0.25, 0.3) is 33.3 Å². The van der Waals surface area contributed by atoms with Crippen LogP contribution in [0.15, 0.2) is 97.3 Å². The molecule has 0 saturated heterocycles. The number of benzene rings is 3. The molecule has 2 N–H and O–H groups in total. The molecule has 0 fully saturated rings. The minimum absolute atomic E-state index is 0.238. The fourth-order valence-corrected chi connectivity index (χ4v) is 3.47. The van der Waals surface area contributed by atoms with Crippen LogP contribution in [0.4, 0.5) is 0 Å². The lowest BCUT2D eigenvalue weighted by molar-refractivity contribution is 0.475. The van der Waals surface area contributed by atoms with E-state index in [0.717, 1.165) is 44.8 Å². The molecule has 4 nitrogen and oxygen atoms in total. The van der Waals surface area contributed by atoms with Gasteiger partial charge in [0, 0.05) is 34.5 Å². The van der Waals surface area contributed by atoms with Crippen LogP contribution in [0.1, 0.15) is 0 Å². The molecule has 4 heteroatoms. The number of phenols is 1. The maximum Gasteiger partial charge on any atom is 0.137 e. The smallest absolute Gasteiger partial charge is 0.137 e. The second-order valence-electron chi connectivity index (χ2n) is 6.78. The van der Waals surface area contributed by atoms with Gasteiger partial charge in [0.25, 0.3) is 0 Å². The van der Waals surface area contributed by atoms with Crippen molar-refractivity contribution in [2.24, 2.45) is 0 Å². The lowest BCUT2D eigenvalue weighted by Crippen LogP contribution is -1.89. The third-order valence-corrected chi connectivity index (χ3v) is 4.86. The average molecular weight is 378 g/mol. The molecule has 2 aromatic heterocycles. The Bertz CT molecular complexity index is 1290. The van der Waals surface area contributed by atoms with Crippen LogP contribution < -0.4 is 4.74 Å². The van der Waals surface area contributed by atoms with Crippen LogP contribution in [-0.2, 0) is 0 Å². The standard InChI is InChI=1S/C25H18N2O2/c28-19-8-6-7-17(13-19)23-16-27-25-22(23)14-18(15-26-25)21-11-4-5-12-24(21)29-20-9-2-1-3-10-20/h1-16,28H,(H,26,27). The zero-order chi connectivity index (χ0) is 19.6. The topological polar surface area (TPSA) is 58.1 Å². The molecule has 140 valence electrons. The zero-order valence-corrected chi connectivity index (χ0v) is 15.5. The van der Waals surface area contributed by atoms with Crippen molar-refractivity contribution in [3.8, 4) is 39.5 Å². The molecular formula is C25H18N2O2. The molecule has 3 aromatic carbocycles. The van der Waals surface area contributed by atoms with Crippen molar-refractivity contribution < 1.29 is 9.84 Å². The highest BCUT2D eigenvalue weighted by Gasteiger charge is 2.12. The van der Waals surface area contributed by atoms with Crippen molar-refractivity contribution in [1.29, 1.82) is 0 Å². The quantitative estimate of drug-likeness (QED) is 0.381. The Hall–Kier alpha value is -4.05. The van der Waals surface area contributed by atoms with Crippen LogP contribution >= 0.6 is 0 Å². The number of hydrogen-bond acceptors (Lipinski definition) is 3. The normalized spacial score (nSPS) is 10.9. The Morgan fingerprint density at radius 3 is 2.45 bits per heavy atom. The fraction of sp³-hybridized carbons (Fsp3) is 0. The number of pyridine rings is 1. The van der Waals surface area contributed by atoms with E-state index in [1.165, 1.54) is 0 Å². The summed E-state index contributed by atoms with van der Waals surface area (Å²) in [6.07, 6.45) is 3.76. The van der Waals surface area contributed by atoms with Crippen molar-refractivity contribution in [3.05, 3.63) is 97.3 Å². The van der Waals surface area contributed by atoms with Crippen molar-refractivity contribution in [2.45, 2.75) is 0 Å². The van der Waals surface area contributed by atoms with E-state index >= 15 is 0 Å². The number of H-pyrrole nitrogens is 1. The predicted octanol–water partition coefficient (Wildman–Crippen LogP) is 6.39. The number of aromatic amines is 1. The SMILES string of the molecule is Oc1cccc(-c2c[nH]c3ncc(-c4ccccc4Oc4ccccc4)cc23)c1. The Morgan fingerprint density at radius 2 is 1.59 bits per heavy atom. The van der Waals surface area contributed by atoms with E-state index in [2.05, 4.69) is 16.0 Å². The van der Waals surface area contributed by atoms with Crippen LogP contribution in [0.2, 0.25) is 0 Å². The largest absolute Gasteiger partial charge is 0.508 e. The second-order valence-corrected chi connectivity index (χ2v) is 6.78. The summed E-state index contributed by atoms with van der Waals surface area (Å²) in [6.45, 7) is 0. The number of phenolic OH excluding ortho intramolecular Hbond substituents is 1. The van der Waals surface area contributed by atoms with Gasteiger partial charge in [-0.15, -0.1) is 0 Å². The van der Waals surface area contributed by atoms with Gasteiger partial charge in [-0.3, -0.25) is 0 Å². The first-order valence-electron chi connectivity index (χ1n) is 9.37. The van der Waals surface area contributed by atoms with E-state index in [1.807, 2.05) is 79.1 Å². The fourth-order valence-electron chi connectivity index (χ4n) is 3.47. The van der Waals surface area contributed by atoms with Gasteiger partial charge in [-0.2, -0.15) is 0 Å². The molecule has 0 amide bonds. The number of fused-ring (bicyclic) bond motifs is 1. The molecule has 0 unspecified atom stereocenters. The lowest BCUT2D eigenvalue weighted by Gasteiger charge is -2.11. The van der Waals surface area contributed by atoms with Gasteiger partial charge in [0.15, 0.2) is 0 Å². The van der Waals surface area contributed by atoms with E-state index in [1.54, 1.807) is 12.1 Å². The number of rotatable bonds is 4. The van der Waals surface area contributed by atoms with Gasteiger partial charge in [-0.1, -0.05) is 48.5 Å². The summed E-state index contributed by atoms with van der Waals surface area (Å²) in [4.78, 5) is 7.82. The molecule has 29 heavy (non-hydrogen) atoms. The van der Waals surface area contributed by atoms with E-state index in [4.69, 9.17) is 4.74 Å². The van der Waals surface area contributed by atoms with Gasteiger partial charge in [-0.05, 0) is 42.0 Å². The molecule has 2 heterocycles. The summed E-state index contributed by atoms with van der Waals surface area (Å²) in [5.74, 6) is 1.80. The molecule has 5 rings (SSSR count). The number of aromatic nitrogens is 2. The van der Waals surface area contributed by atoms with Gasteiger partial charge in [0.05, 0.1) is 0 Å². The number of nitrogens with zero attached hydrogens (tertiary/aromatic N) is 1. The predicted molar refractivity (Wildman–Crippen MR) is 115 cm³/mol. The average Bonchev–Trinajstić information content (AvgIpc) is 3.18. The first kappa shape index (κ1) is 17.1. The highest BCUT2D eigenvalue weighted by Crippen LogP contribution is 2.36. The van der Waals surface area contributed by atoms with Gasteiger partial charge >= 0.3 is 0 Å². The molecule has 0 aliphatic heterocycles.